The minimum absolute atomic E-state index is 0.0799. The number of sulfonamides is 1. The Morgan fingerprint density at radius 3 is 2.50 bits per heavy atom. The van der Waals surface area contributed by atoms with Gasteiger partial charge in [-0.1, -0.05) is 25.4 Å². The minimum atomic E-state index is -3.75. The van der Waals surface area contributed by atoms with Gasteiger partial charge in [-0.05, 0) is 18.2 Å². The van der Waals surface area contributed by atoms with E-state index in [0.717, 1.165) is 0 Å². The van der Waals surface area contributed by atoms with Crippen molar-refractivity contribution < 1.29 is 13.2 Å². The molecule has 1 N–H and O–H groups in total. The molecule has 0 spiro atoms. The lowest BCUT2D eigenvalue weighted by atomic mass is 10.2. The van der Waals surface area contributed by atoms with Gasteiger partial charge >= 0.3 is 0 Å². The molecule has 2 aromatic rings. The lowest BCUT2D eigenvalue weighted by molar-refractivity contribution is 0.102. The van der Waals surface area contributed by atoms with Crippen molar-refractivity contribution in [3.05, 3.63) is 41.0 Å². The molecule has 0 radical (unpaired) electrons. The van der Waals surface area contributed by atoms with Crippen LogP contribution in [-0.4, -0.2) is 41.5 Å². The summed E-state index contributed by atoms with van der Waals surface area (Å²) < 4.78 is 28.1. The predicted molar refractivity (Wildman–Crippen MR) is 92.7 cm³/mol. The number of hydrogen-bond acceptors (Lipinski definition) is 4. The fourth-order valence-corrected chi connectivity index (χ4v) is 4.17. The van der Waals surface area contributed by atoms with Crippen molar-refractivity contribution in [1.29, 1.82) is 0 Å². The van der Waals surface area contributed by atoms with Crippen LogP contribution in [0.4, 0.5) is 5.82 Å². The van der Waals surface area contributed by atoms with Crippen LogP contribution in [0.15, 0.2) is 35.4 Å². The first-order valence-corrected chi connectivity index (χ1v) is 9.22. The van der Waals surface area contributed by atoms with Gasteiger partial charge in [-0.3, -0.25) is 9.48 Å². The molecule has 24 heavy (non-hydrogen) atoms. The highest BCUT2D eigenvalue weighted by molar-refractivity contribution is 7.89. The molecule has 0 aliphatic carbocycles. The highest BCUT2D eigenvalue weighted by atomic mass is 35.5. The predicted octanol–water partition coefficient (Wildman–Crippen LogP) is 2.36. The molecule has 9 heteroatoms. The summed E-state index contributed by atoms with van der Waals surface area (Å²) in [4.78, 5) is 12.2. The zero-order valence-corrected chi connectivity index (χ0v) is 15.2. The molecule has 0 aliphatic heterocycles. The van der Waals surface area contributed by atoms with Gasteiger partial charge in [0.25, 0.3) is 5.91 Å². The average Bonchev–Trinajstić information content (AvgIpc) is 2.93. The molecule has 0 unspecified atom stereocenters. The number of nitrogens with zero attached hydrogens (tertiary/aromatic N) is 3. The number of carbonyl (C=O) groups is 1. The van der Waals surface area contributed by atoms with Crippen molar-refractivity contribution in [2.75, 3.05) is 18.4 Å². The molecule has 0 bridgehead atoms. The Balaban J connectivity index is 2.36. The topological polar surface area (TPSA) is 84.3 Å². The Morgan fingerprint density at radius 1 is 1.29 bits per heavy atom. The molecular formula is C15H19ClN4O3S. The Bertz CT molecular complexity index is 844. The van der Waals surface area contributed by atoms with E-state index in [9.17, 15) is 13.2 Å². The van der Waals surface area contributed by atoms with Gasteiger partial charge in [-0.25, -0.2) is 8.42 Å². The first-order chi connectivity index (χ1) is 11.3. The highest BCUT2D eigenvalue weighted by Crippen LogP contribution is 2.26. The summed E-state index contributed by atoms with van der Waals surface area (Å²) in [5.41, 5.74) is 0.191. The number of amides is 1. The lowest BCUT2D eigenvalue weighted by Gasteiger charge is -2.19. The second-order valence-electron chi connectivity index (χ2n) is 5.06. The highest BCUT2D eigenvalue weighted by Gasteiger charge is 2.25. The first-order valence-electron chi connectivity index (χ1n) is 7.40. The van der Waals surface area contributed by atoms with Gasteiger partial charge < -0.3 is 5.32 Å². The van der Waals surface area contributed by atoms with Crippen LogP contribution in [0, 0.1) is 0 Å². The van der Waals surface area contributed by atoms with Gasteiger partial charge in [-0.2, -0.15) is 9.40 Å². The number of aromatic nitrogens is 2. The van der Waals surface area contributed by atoms with Crippen molar-refractivity contribution in [3.63, 3.8) is 0 Å². The average molecular weight is 371 g/mol. The van der Waals surface area contributed by atoms with Crippen LogP contribution in [0.1, 0.15) is 24.2 Å². The molecule has 0 saturated carbocycles. The Morgan fingerprint density at radius 2 is 1.96 bits per heavy atom. The van der Waals surface area contributed by atoms with E-state index in [-0.39, 0.29) is 15.5 Å². The summed E-state index contributed by atoms with van der Waals surface area (Å²) in [6.07, 6.45) is 1.69. The van der Waals surface area contributed by atoms with E-state index in [4.69, 9.17) is 11.6 Å². The SMILES string of the molecule is CCN(CC)S(=O)(=O)c1cc(C(=O)Nc2ccn(C)n2)ccc1Cl. The first kappa shape index (κ1) is 18.4. The number of benzene rings is 1. The van der Waals surface area contributed by atoms with Gasteiger partial charge in [0.1, 0.15) is 4.90 Å². The number of hydrogen-bond donors (Lipinski definition) is 1. The fraction of sp³-hybridized carbons (Fsp3) is 0.333. The van der Waals surface area contributed by atoms with Crippen LogP contribution in [0.2, 0.25) is 5.02 Å². The molecular weight excluding hydrogens is 352 g/mol. The van der Waals surface area contributed by atoms with Gasteiger partial charge in [0.05, 0.1) is 5.02 Å². The molecule has 2 rings (SSSR count). The summed E-state index contributed by atoms with van der Waals surface area (Å²) in [6, 6.07) is 5.81. The second-order valence-corrected chi connectivity index (χ2v) is 7.38. The molecule has 0 aliphatic rings. The van der Waals surface area contributed by atoms with Gasteiger partial charge in [-0.15, -0.1) is 0 Å². The summed E-state index contributed by atoms with van der Waals surface area (Å²) >= 11 is 6.05. The molecule has 1 heterocycles. The second kappa shape index (κ2) is 7.33. The van der Waals surface area contributed by atoms with E-state index < -0.39 is 15.9 Å². The maximum absolute atomic E-state index is 12.6. The van der Waals surface area contributed by atoms with Crippen LogP contribution < -0.4 is 5.32 Å². The van der Waals surface area contributed by atoms with Crippen molar-refractivity contribution in [2.24, 2.45) is 7.05 Å². The number of halogens is 1. The van der Waals surface area contributed by atoms with Crippen LogP contribution in [0.25, 0.3) is 0 Å². The summed E-state index contributed by atoms with van der Waals surface area (Å²) in [5, 5.41) is 6.74. The third-order valence-electron chi connectivity index (χ3n) is 3.47. The summed E-state index contributed by atoms with van der Waals surface area (Å²) in [6.45, 7) is 4.12. The fourth-order valence-electron chi connectivity index (χ4n) is 2.22. The van der Waals surface area contributed by atoms with Gasteiger partial charge in [0, 0.05) is 38.0 Å². The van der Waals surface area contributed by atoms with Crippen LogP contribution >= 0.6 is 11.6 Å². The van der Waals surface area contributed by atoms with E-state index >= 15 is 0 Å². The van der Waals surface area contributed by atoms with E-state index in [1.807, 2.05) is 0 Å². The van der Waals surface area contributed by atoms with Crippen molar-refractivity contribution >= 4 is 33.3 Å². The van der Waals surface area contributed by atoms with E-state index in [2.05, 4.69) is 10.4 Å². The maximum atomic E-state index is 12.6. The molecule has 7 nitrogen and oxygen atoms in total. The normalized spacial score (nSPS) is 11.7. The van der Waals surface area contributed by atoms with Gasteiger partial charge in [0.2, 0.25) is 10.0 Å². The summed E-state index contributed by atoms with van der Waals surface area (Å²) in [5.74, 6) is -0.0769. The largest absolute Gasteiger partial charge is 0.305 e. The molecule has 0 saturated heterocycles. The smallest absolute Gasteiger partial charge is 0.256 e. The quantitative estimate of drug-likeness (QED) is 0.845. The number of anilines is 1. The van der Waals surface area contributed by atoms with Gasteiger partial charge in [0.15, 0.2) is 5.82 Å². The van der Waals surface area contributed by atoms with Crippen LogP contribution in [-0.2, 0) is 17.1 Å². The Kier molecular flexibility index (Phi) is 5.63. The number of rotatable bonds is 6. The number of carbonyl (C=O) groups excluding carboxylic acids is 1. The van der Waals surface area contributed by atoms with Crippen molar-refractivity contribution in [1.82, 2.24) is 14.1 Å². The van der Waals surface area contributed by atoms with E-state index in [0.29, 0.717) is 18.9 Å². The molecule has 0 atom stereocenters. The monoisotopic (exact) mass is 370 g/mol. The standard InChI is InChI=1S/C15H19ClN4O3S/c1-4-20(5-2)24(22,23)13-10-11(6-7-12(13)16)15(21)17-14-8-9-19(3)18-14/h6-10H,4-5H2,1-3H3,(H,17,18,21). The van der Waals surface area contributed by atoms with Crippen molar-refractivity contribution in [2.45, 2.75) is 18.7 Å². The van der Waals surface area contributed by atoms with E-state index in [1.54, 1.807) is 37.8 Å². The van der Waals surface area contributed by atoms with Crippen LogP contribution in [0.5, 0.6) is 0 Å². The summed E-state index contributed by atoms with van der Waals surface area (Å²) in [7, 11) is -2.03. The minimum Gasteiger partial charge on any atom is -0.305 e. The molecule has 1 aromatic carbocycles. The third kappa shape index (κ3) is 3.77. The van der Waals surface area contributed by atoms with Crippen molar-refractivity contribution in [3.8, 4) is 0 Å². The Labute approximate surface area is 146 Å². The van der Waals surface area contributed by atoms with Crippen LogP contribution in [0.3, 0.4) is 0 Å². The Hall–Kier alpha value is -1.90. The molecule has 0 fully saturated rings. The number of aryl methyl sites for hydroxylation is 1. The molecule has 1 aromatic heterocycles. The third-order valence-corrected chi connectivity index (χ3v) is 6.00. The molecule has 130 valence electrons. The maximum Gasteiger partial charge on any atom is 0.256 e. The zero-order chi connectivity index (χ0) is 17.9. The lowest BCUT2D eigenvalue weighted by Crippen LogP contribution is -2.31. The zero-order valence-electron chi connectivity index (χ0n) is 13.7. The number of nitrogens with one attached hydrogen (secondary N) is 1. The molecule has 1 amide bonds. The van der Waals surface area contributed by atoms with E-state index in [1.165, 1.54) is 22.5 Å².